The fourth-order valence-electron chi connectivity index (χ4n) is 5.31. The van der Waals surface area contributed by atoms with E-state index in [9.17, 15) is 4.79 Å². The Labute approximate surface area is 165 Å². The summed E-state index contributed by atoms with van der Waals surface area (Å²) in [4.78, 5) is 29.8. The molecule has 0 spiro atoms. The molecule has 0 aromatic carbocycles. The summed E-state index contributed by atoms with van der Waals surface area (Å²) in [5.41, 5.74) is 0.877. The van der Waals surface area contributed by atoms with E-state index >= 15 is 0 Å². The number of carbonyl (C=O) groups is 1. The van der Waals surface area contributed by atoms with Gasteiger partial charge in [-0.05, 0) is 44.6 Å². The van der Waals surface area contributed by atoms with Crippen molar-refractivity contribution < 1.29 is 4.79 Å². The Hall–Kier alpha value is -2.15. The number of nitrogens with zero attached hydrogens (tertiary/aromatic N) is 4. The largest absolute Gasteiger partial charge is 0.354 e. The van der Waals surface area contributed by atoms with Crippen molar-refractivity contribution in [1.29, 1.82) is 0 Å². The lowest BCUT2D eigenvalue weighted by molar-refractivity contribution is -0.139. The minimum absolute atomic E-state index is 0.0163. The highest BCUT2D eigenvalue weighted by Crippen LogP contribution is 2.28. The maximum Gasteiger partial charge on any atom is 0.240 e. The van der Waals surface area contributed by atoms with Crippen LogP contribution in [0.1, 0.15) is 51.4 Å². The maximum atomic E-state index is 13.2. The van der Waals surface area contributed by atoms with Gasteiger partial charge in [0.2, 0.25) is 5.91 Å². The molecule has 2 aromatic rings. The Morgan fingerprint density at radius 2 is 1.89 bits per heavy atom. The molecule has 28 heavy (non-hydrogen) atoms. The summed E-state index contributed by atoms with van der Waals surface area (Å²) in [6.07, 6.45) is 12.8. The van der Waals surface area contributed by atoms with E-state index in [1.54, 1.807) is 6.33 Å². The summed E-state index contributed by atoms with van der Waals surface area (Å²) in [6.45, 7) is 2.74. The number of carbonyl (C=O) groups excluding carboxylic acids is 1. The van der Waals surface area contributed by atoms with Crippen molar-refractivity contribution in [3.8, 4) is 0 Å². The summed E-state index contributed by atoms with van der Waals surface area (Å²) in [6, 6.07) is 2.88. The maximum absolute atomic E-state index is 13.2. The summed E-state index contributed by atoms with van der Waals surface area (Å²) in [7, 11) is 0. The number of hydrogen-bond acceptors (Lipinski definition) is 5. The molecule has 2 aliphatic heterocycles. The van der Waals surface area contributed by atoms with E-state index in [-0.39, 0.29) is 12.1 Å². The van der Waals surface area contributed by atoms with Crippen LogP contribution in [0, 0.1) is 0 Å². The zero-order valence-electron chi connectivity index (χ0n) is 16.4. The molecule has 7 heteroatoms. The van der Waals surface area contributed by atoms with Crippen molar-refractivity contribution in [2.24, 2.45) is 0 Å². The monoisotopic (exact) mass is 382 g/mol. The number of nitrogens with one attached hydrogen (secondary N) is 2. The number of fused-ring (bicyclic) bond motifs is 1. The molecule has 5 rings (SSSR count). The molecule has 2 unspecified atom stereocenters. The molecule has 7 nitrogen and oxygen atoms in total. The molecule has 3 fully saturated rings. The van der Waals surface area contributed by atoms with Crippen LogP contribution in [0.5, 0.6) is 0 Å². The van der Waals surface area contributed by atoms with Gasteiger partial charge in [-0.15, -0.1) is 0 Å². The Bertz CT molecular complexity index is 829. The lowest BCUT2D eigenvalue weighted by Gasteiger charge is -2.43. The third kappa shape index (κ3) is 3.36. The average Bonchev–Trinajstić information content (AvgIpc) is 3.41. The quantitative estimate of drug-likeness (QED) is 0.849. The number of H-pyrrole nitrogens is 1. The summed E-state index contributed by atoms with van der Waals surface area (Å²) in [5, 5.41) is 4.73. The Kier molecular flexibility index (Phi) is 4.93. The van der Waals surface area contributed by atoms with Crippen molar-refractivity contribution in [3.63, 3.8) is 0 Å². The predicted octanol–water partition coefficient (Wildman–Crippen LogP) is 2.45. The predicted molar refractivity (Wildman–Crippen MR) is 109 cm³/mol. The van der Waals surface area contributed by atoms with Crippen molar-refractivity contribution in [3.05, 3.63) is 18.6 Å². The molecule has 0 bridgehead atoms. The molecule has 150 valence electrons. The van der Waals surface area contributed by atoms with Gasteiger partial charge in [0.1, 0.15) is 17.8 Å². The smallest absolute Gasteiger partial charge is 0.240 e. The van der Waals surface area contributed by atoms with Crippen LogP contribution in [0.2, 0.25) is 0 Å². The summed E-state index contributed by atoms with van der Waals surface area (Å²) in [5.74, 6) is 1.31. The van der Waals surface area contributed by atoms with Crippen LogP contribution in [-0.4, -0.2) is 63.5 Å². The van der Waals surface area contributed by atoms with E-state index in [2.05, 4.69) is 30.1 Å². The highest BCUT2D eigenvalue weighted by atomic mass is 16.2. The van der Waals surface area contributed by atoms with Gasteiger partial charge in [-0.2, -0.15) is 0 Å². The van der Waals surface area contributed by atoms with Gasteiger partial charge < -0.3 is 20.1 Å². The van der Waals surface area contributed by atoms with Crippen LogP contribution in [0.15, 0.2) is 18.6 Å². The van der Waals surface area contributed by atoms with Crippen molar-refractivity contribution >= 4 is 22.8 Å². The van der Waals surface area contributed by atoms with Gasteiger partial charge in [-0.3, -0.25) is 4.79 Å². The molecule has 2 saturated heterocycles. The van der Waals surface area contributed by atoms with E-state index in [1.807, 2.05) is 12.3 Å². The van der Waals surface area contributed by atoms with E-state index < -0.39 is 0 Å². The Balaban J connectivity index is 1.30. The highest BCUT2D eigenvalue weighted by molar-refractivity contribution is 5.87. The first-order valence-corrected chi connectivity index (χ1v) is 10.9. The zero-order chi connectivity index (χ0) is 18.9. The minimum atomic E-state index is 0.0163. The molecular weight excluding hydrogens is 352 g/mol. The van der Waals surface area contributed by atoms with Crippen LogP contribution in [0.3, 0.4) is 0 Å². The average molecular weight is 383 g/mol. The van der Waals surface area contributed by atoms with Crippen LogP contribution >= 0.6 is 0 Å². The van der Waals surface area contributed by atoms with Gasteiger partial charge >= 0.3 is 0 Å². The van der Waals surface area contributed by atoms with Crippen molar-refractivity contribution in [2.75, 3.05) is 24.5 Å². The van der Waals surface area contributed by atoms with E-state index in [1.165, 1.54) is 25.7 Å². The summed E-state index contributed by atoms with van der Waals surface area (Å²) >= 11 is 0. The second kappa shape index (κ2) is 7.70. The van der Waals surface area contributed by atoms with E-state index in [4.69, 9.17) is 0 Å². The SMILES string of the molecule is O=C1C(NC2CCCC2)CCCN1C1CCCN(c2ncnc3[nH]ccc23)C1. The molecule has 2 N–H and O–H groups in total. The molecule has 1 amide bonds. The van der Waals surface area contributed by atoms with Gasteiger partial charge in [0.15, 0.2) is 0 Å². The second-order valence-electron chi connectivity index (χ2n) is 8.55. The fraction of sp³-hybridized carbons (Fsp3) is 0.667. The third-order valence-electron chi connectivity index (χ3n) is 6.73. The van der Waals surface area contributed by atoms with Gasteiger partial charge in [-0.25, -0.2) is 9.97 Å². The van der Waals surface area contributed by atoms with E-state index in [0.29, 0.717) is 11.9 Å². The molecule has 2 aromatic heterocycles. The van der Waals surface area contributed by atoms with Gasteiger partial charge in [0, 0.05) is 37.9 Å². The number of likely N-dealkylation sites (tertiary alicyclic amines) is 1. The molecule has 1 aliphatic carbocycles. The standard InChI is InChI=1S/C21H30N6O/c28-21-18(25-15-5-1-2-6-15)8-4-12-27(21)16-7-3-11-26(13-16)20-17-9-10-22-19(17)23-14-24-20/h9-10,14-16,18,25H,1-8,11-13H2,(H,22,23,24). The molecule has 0 radical (unpaired) electrons. The molecular formula is C21H30N6O. The van der Waals surface area contributed by atoms with Crippen LogP contribution in [-0.2, 0) is 4.79 Å². The van der Waals surface area contributed by atoms with Crippen molar-refractivity contribution in [2.45, 2.75) is 69.5 Å². The minimum Gasteiger partial charge on any atom is -0.354 e. The first-order valence-electron chi connectivity index (χ1n) is 10.9. The highest BCUT2D eigenvalue weighted by Gasteiger charge is 2.36. The lowest BCUT2D eigenvalue weighted by Crippen LogP contribution is -2.59. The van der Waals surface area contributed by atoms with Gasteiger partial charge in [0.05, 0.1) is 11.4 Å². The van der Waals surface area contributed by atoms with Gasteiger partial charge in [-0.1, -0.05) is 12.8 Å². The Morgan fingerprint density at radius 3 is 2.79 bits per heavy atom. The van der Waals surface area contributed by atoms with Crippen LogP contribution in [0.25, 0.3) is 11.0 Å². The number of amides is 1. The zero-order valence-corrected chi connectivity index (χ0v) is 16.4. The topological polar surface area (TPSA) is 77.2 Å². The number of aromatic amines is 1. The van der Waals surface area contributed by atoms with Crippen LogP contribution in [0.4, 0.5) is 5.82 Å². The number of rotatable bonds is 4. The van der Waals surface area contributed by atoms with E-state index in [0.717, 1.165) is 62.2 Å². The second-order valence-corrected chi connectivity index (χ2v) is 8.55. The van der Waals surface area contributed by atoms with Crippen molar-refractivity contribution in [1.82, 2.24) is 25.2 Å². The first kappa shape index (κ1) is 17.9. The molecule has 2 atom stereocenters. The normalized spacial score (nSPS) is 27.1. The number of aromatic nitrogens is 3. The number of piperidine rings is 2. The Morgan fingerprint density at radius 1 is 1.04 bits per heavy atom. The third-order valence-corrected chi connectivity index (χ3v) is 6.73. The molecule has 4 heterocycles. The molecule has 3 aliphatic rings. The fourth-order valence-corrected chi connectivity index (χ4v) is 5.31. The number of anilines is 1. The van der Waals surface area contributed by atoms with Crippen LogP contribution < -0.4 is 10.2 Å². The lowest BCUT2D eigenvalue weighted by atomic mass is 9.97. The first-order chi connectivity index (χ1) is 13.8. The molecule has 1 saturated carbocycles. The summed E-state index contributed by atoms with van der Waals surface area (Å²) < 4.78 is 0. The number of hydrogen-bond donors (Lipinski definition) is 2. The van der Waals surface area contributed by atoms with Gasteiger partial charge in [0.25, 0.3) is 0 Å².